The summed E-state index contributed by atoms with van der Waals surface area (Å²) in [6.45, 7) is 2.77. The zero-order valence-corrected chi connectivity index (χ0v) is 21.3. The first-order chi connectivity index (χ1) is 18.1. The average Bonchev–Trinajstić information content (AvgIpc) is 3.05. The number of carboxylic acid groups (broad SMARTS) is 1. The number of rotatable bonds is 8. The summed E-state index contributed by atoms with van der Waals surface area (Å²) < 4.78 is 12.4. The van der Waals surface area contributed by atoms with Crippen molar-refractivity contribution in [2.75, 3.05) is 26.3 Å². The Morgan fingerprint density at radius 1 is 0.919 bits per heavy atom. The van der Waals surface area contributed by atoms with E-state index in [1.165, 1.54) is 44.5 Å². The van der Waals surface area contributed by atoms with Crippen LogP contribution in [0.3, 0.4) is 0 Å². The van der Waals surface area contributed by atoms with E-state index < -0.39 is 5.97 Å². The van der Waals surface area contributed by atoms with E-state index in [0.717, 1.165) is 63.7 Å². The molecule has 1 aliphatic heterocycles. The quantitative estimate of drug-likeness (QED) is 0.382. The number of aromatic carboxylic acids is 1. The monoisotopic (exact) mass is 495 g/mol. The molecule has 6 rings (SSSR count). The number of alkyl halides is 1. The number of fused-ring (bicyclic) bond motifs is 2. The SMILES string of the molecule is O=C(O)c1ccc2c(c1)CCCC(c1cccc3c1CC3)=C2c1ccc(CC2CN(CCCF)C2)cc1. The van der Waals surface area contributed by atoms with Gasteiger partial charge in [0.05, 0.1) is 12.2 Å². The van der Waals surface area contributed by atoms with E-state index in [2.05, 4.69) is 47.4 Å². The van der Waals surface area contributed by atoms with Gasteiger partial charge in [-0.05, 0) is 113 Å². The van der Waals surface area contributed by atoms with E-state index in [1.54, 1.807) is 6.07 Å². The molecule has 4 heteroatoms. The van der Waals surface area contributed by atoms with Gasteiger partial charge in [0, 0.05) is 19.6 Å². The maximum atomic E-state index is 12.4. The molecule has 0 atom stereocenters. The van der Waals surface area contributed by atoms with Gasteiger partial charge in [-0.15, -0.1) is 0 Å². The molecular formula is C33H34FNO2. The molecule has 3 nitrogen and oxygen atoms in total. The Morgan fingerprint density at radius 2 is 1.76 bits per heavy atom. The summed E-state index contributed by atoms with van der Waals surface area (Å²) in [4.78, 5) is 14.0. The van der Waals surface area contributed by atoms with Gasteiger partial charge < -0.3 is 10.0 Å². The number of hydrogen-bond donors (Lipinski definition) is 1. The molecule has 1 N–H and O–H groups in total. The molecule has 3 aromatic carbocycles. The largest absolute Gasteiger partial charge is 0.478 e. The number of carbonyl (C=O) groups is 1. The summed E-state index contributed by atoms with van der Waals surface area (Å²) in [6, 6.07) is 21.5. The van der Waals surface area contributed by atoms with Gasteiger partial charge in [0.15, 0.2) is 0 Å². The summed E-state index contributed by atoms with van der Waals surface area (Å²) in [7, 11) is 0. The van der Waals surface area contributed by atoms with Crippen molar-refractivity contribution in [2.24, 2.45) is 5.92 Å². The van der Waals surface area contributed by atoms with Gasteiger partial charge in [0.1, 0.15) is 0 Å². The minimum absolute atomic E-state index is 0.229. The Labute approximate surface area is 218 Å². The topological polar surface area (TPSA) is 40.5 Å². The van der Waals surface area contributed by atoms with Crippen molar-refractivity contribution >= 4 is 17.1 Å². The summed E-state index contributed by atoms with van der Waals surface area (Å²) in [6.07, 6.45) is 6.87. The molecule has 0 aromatic heterocycles. The molecule has 1 fully saturated rings. The lowest BCUT2D eigenvalue weighted by Crippen LogP contribution is -2.47. The second-order valence-corrected chi connectivity index (χ2v) is 10.9. The fourth-order valence-corrected chi connectivity index (χ4v) is 6.46. The van der Waals surface area contributed by atoms with Gasteiger partial charge in [-0.2, -0.15) is 0 Å². The normalized spacial score (nSPS) is 17.4. The molecule has 0 saturated carbocycles. The van der Waals surface area contributed by atoms with Crippen LogP contribution < -0.4 is 0 Å². The number of carboxylic acids is 1. The van der Waals surface area contributed by atoms with Crippen molar-refractivity contribution in [1.29, 1.82) is 0 Å². The Kier molecular flexibility index (Phi) is 6.69. The van der Waals surface area contributed by atoms with Crippen LogP contribution >= 0.6 is 0 Å². The Bertz CT molecular complexity index is 1350. The van der Waals surface area contributed by atoms with Crippen LogP contribution in [0, 0.1) is 5.92 Å². The molecule has 1 saturated heterocycles. The highest BCUT2D eigenvalue weighted by Crippen LogP contribution is 2.43. The van der Waals surface area contributed by atoms with Crippen molar-refractivity contribution in [3.63, 3.8) is 0 Å². The molecule has 0 amide bonds. The molecule has 3 aliphatic rings. The van der Waals surface area contributed by atoms with E-state index in [9.17, 15) is 14.3 Å². The first-order valence-electron chi connectivity index (χ1n) is 13.7. The van der Waals surface area contributed by atoms with Gasteiger partial charge in [0.25, 0.3) is 0 Å². The molecule has 1 heterocycles. The molecule has 0 spiro atoms. The third-order valence-electron chi connectivity index (χ3n) is 8.45. The van der Waals surface area contributed by atoms with Crippen molar-refractivity contribution in [2.45, 2.75) is 44.9 Å². The maximum Gasteiger partial charge on any atom is 0.335 e. The number of halogens is 1. The molecule has 0 radical (unpaired) electrons. The fourth-order valence-electron chi connectivity index (χ4n) is 6.46. The smallest absolute Gasteiger partial charge is 0.335 e. The van der Waals surface area contributed by atoms with Gasteiger partial charge >= 0.3 is 5.97 Å². The number of aryl methyl sites for hydroxylation is 2. The first kappa shape index (κ1) is 24.1. The predicted octanol–water partition coefficient (Wildman–Crippen LogP) is 6.61. The van der Waals surface area contributed by atoms with Crippen LogP contribution in [0.5, 0.6) is 0 Å². The summed E-state index contributed by atoms with van der Waals surface area (Å²) in [5.41, 5.74) is 12.2. The van der Waals surface area contributed by atoms with E-state index in [0.29, 0.717) is 17.9 Å². The fraction of sp³-hybridized carbons (Fsp3) is 0.364. The zero-order valence-electron chi connectivity index (χ0n) is 21.3. The van der Waals surface area contributed by atoms with E-state index in [4.69, 9.17) is 0 Å². The van der Waals surface area contributed by atoms with Crippen LogP contribution in [0.4, 0.5) is 4.39 Å². The second-order valence-electron chi connectivity index (χ2n) is 10.9. The molecule has 190 valence electrons. The lowest BCUT2D eigenvalue weighted by atomic mass is 9.79. The van der Waals surface area contributed by atoms with Crippen LogP contribution in [0.25, 0.3) is 11.1 Å². The number of hydrogen-bond acceptors (Lipinski definition) is 2. The summed E-state index contributed by atoms with van der Waals surface area (Å²) in [5, 5.41) is 9.60. The van der Waals surface area contributed by atoms with Crippen molar-refractivity contribution in [1.82, 2.24) is 4.90 Å². The zero-order chi connectivity index (χ0) is 25.4. The van der Waals surface area contributed by atoms with Crippen LogP contribution in [-0.2, 0) is 25.7 Å². The Morgan fingerprint density at radius 3 is 2.49 bits per heavy atom. The highest BCUT2D eigenvalue weighted by Gasteiger charge is 2.27. The van der Waals surface area contributed by atoms with Crippen LogP contribution in [0.1, 0.15) is 68.6 Å². The molecular weight excluding hydrogens is 461 g/mol. The summed E-state index contributed by atoms with van der Waals surface area (Å²) >= 11 is 0. The predicted molar refractivity (Wildman–Crippen MR) is 147 cm³/mol. The molecule has 0 bridgehead atoms. The van der Waals surface area contributed by atoms with Gasteiger partial charge in [-0.3, -0.25) is 4.39 Å². The Balaban J connectivity index is 1.36. The van der Waals surface area contributed by atoms with Crippen LogP contribution in [0.15, 0.2) is 60.7 Å². The average molecular weight is 496 g/mol. The highest BCUT2D eigenvalue weighted by molar-refractivity contribution is 6.01. The van der Waals surface area contributed by atoms with Crippen LogP contribution in [0.2, 0.25) is 0 Å². The van der Waals surface area contributed by atoms with E-state index >= 15 is 0 Å². The molecule has 3 aromatic rings. The lowest BCUT2D eigenvalue weighted by Gasteiger charge is -2.39. The molecule has 2 aliphatic carbocycles. The minimum atomic E-state index is -0.870. The third kappa shape index (κ3) is 4.75. The standard InChI is InChI=1S/C33H34FNO2/c34-16-3-17-35-20-23(21-35)18-22-8-10-25(11-9-22)32-29-15-13-27(33(36)37)19-26(29)5-2-7-31(32)30-6-1-4-24-12-14-28(24)30/h1,4,6,8-11,13,15,19,23H,2-3,5,7,12,14,16-18,20-21H2,(H,36,37). The number of likely N-dealkylation sites (tertiary alicyclic amines) is 1. The van der Waals surface area contributed by atoms with Crippen molar-refractivity contribution < 1.29 is 14.3 Å². The van der Waals surface area contributed by atoms with E-state index in [1.807, 2.05) is 12.1 Å². The Hall–Kier alpha value is -3.24. The van der Waals surface area contributed by atoms with Crippen LogP contribution in [-0.4, -0.2) is 42.3 Å². The summed E-state index contributed by atoms with van der Waals surface area (Å²) in [5.74, 6) is -0.220. The maximum absolute atomic E-state index is 12.4. The first-order valence-corrected chi connectivity index (χ1v) is 13.7. The van der Waals surface area contributed by atoms with Crippen molar-refractivity contribution in [3.05, 3.63) is 105 Å². The number of benzene rings is 3. The number of nitrogens with zero attached hydrogens (tertiary/aromatic N) is 1. The minimum Gasteiger partial charge on any atom is -0.478 e. The number of allylic oxidation sites excluding steroid dienone is 1. The highest BCUT2D eigenvalue weighted by atomic mass is 19.1. The van der Waals surface area contributed by atoms with E-state index in [-0.39, 0.29) is 6.67 Å². The second kappa shape index (κ2) is 10.3. The van der Waals surface area contributed by atoms with Crippen molar-refractivity contribution in [3.8, 4) is 0 Å². The molecule has 0 unspecified atom stereocenters. The van der Waals surface area contributed by atoms with Gasteiger partial charge in [-0.25, -0.2) is 4.79 Å². The molecule has 37 heavy (non-hydrogen) atoms. The third-order valence-corrected chi connectivity index (χ3v) is 8.45. The van der Waals surface area contributed by atoms with Gasteiger partial charge in [-0.1, -0.05) is 48.5 Å². The van der Waals surface area contributed by atoms with Gasteiger partial charge in [0.2, 0.25) is 0 Å². The lowest BCUT2D eigenvalue weighted by molar-refractivity contribution is 0.0696.